The molecule has 23 heavy (non-hydrogen) atoms. The van der Waals surface area contributed by atoms with Crippen molar-refractivity contribution in [3.63, 3.8) is 0 Å². The van der Waals surface area contributed by atoms with Crippen LogP contribution in [0, 0.1) is 11.8 Å². The normalized spacial score (nSPS) is 31.1. The van der Waals surface area contributed by atoms with Gasteiger partial charge < -0.3 is 10.6 Å². The lowest BCUT2D eigenvalue weighted by Gasteiger charge is -2.29. The quantitative estimate of drug-likeness (QED) is 0.835. The molecule has 1 saturated heterocycles. The van der Waals surface area contributed by atoms with Crippen LogP contribution < -0.4 is 10.6 Å². The van der Waals surface area contributed by atoms with Gasteiger partial charge in [0, 0.05) is 12.3 Å². The van der Waals surface area contributed by atoms with E-state index in [2.05, 4.69) is 10.6 Å². The van der Waals surface area contributed by atoms with Crippen LogP contribution in [0.5, 0.6) is 0 Å². The second kappa shape index (κ2) is 6.42. The van der Waals surface area contributed by atoms with Gasteiger partial charge in [0.15, 0.2) is 0 Å². The van der Waals surface area contributed by atoms with Gasteiger partial charge in [0.1, 0.15) is 11.4 Å². The van der Waals surface area contributed by atoms with E-state index < -0.39 is 18.1 Å². The minimum absolute atomic E-state index is 0.00759. The summed E-state index contributed by atoms with van der Waals surface area (Å²) in [6.45, 7) is 1.60. The molecule has 0 unspecified atom stereocenters. The van der Waals surface area contributed by atoms with E-state index in [1.165, 1.54) is 0 Å². The average Bonchev–Trinajstić information content (AvgIpc) is 2.82. The summed E-state index contributed by atoms with van der Waals surface area (Å²) in [7, 11) is 0. The predicted octanol–water partition coefficient (Wildman–Crippen LogP) is 2.79. The zero-order valence-electron chi connectivity index (χ0n) is 13.2. The molecule has 2 heterocycles. The number of rotatable bonds is 3. The van der Waals surface area contributed by atoms with Crippen molar-refractivity contribution in [1.82, 2.24) is 10.6 Å². The number of amides is 1. The predicted molar refractivity (Wildman–Crippen MR) is 81.1 cm³/mol. The number of carbonyl (C=O) groups is 1. The smallest absolute Gasteiger partial charge is 0.317 e. The maximum Gasteiger partial charge on any atom is 0.389 e. The van der Waals surface area contributed by atoms with Gasteiger partial charge in [-0.1, -0.05) is 0 Å². The maximum absolute atomic E-state index is 12.3. The molecule has 1 spiro atoms. The summed E-state index contributed by atoms with van der Waals surface area (Å²) in [6, 6.07) is 0. The van der Waals surface area contributed by atoms with E-state index in [0.717, 1.165) is 57.5 Å². The highest BCUT2D eigenvalue weighted by Crippen LogP contribution is 2.37. The van der Waals surface area contributed by atoms with Crippen molar-refractivity contribution >= 4 is 11.7 Å². The van der Waals surface area contributed by atoms with Gasteiger partial charge in [0.05, 0.1) is 0 Å². The first kappa shape index (κ1) is 16.7. The summed E-state index contributed by atoms with van der Waals surface area (Å²) >= 11 is 0. The molecule has 0 atom stereocenters. The first-order valence-electron chi connectivity index (χ1n) is 8.57. The highest BCUT2D eigenvalue weighted by atomic mass is 19.4. The van der Waals surface area contributed by atoms with Crippen LogP contribution in [0.15, 0.2) is 4.99 Å². The summed E-state index contributed by atoms with van der Waals surface area (Å²) in [6.07, 6.45) is 0.190. The van der Waals surface area contributed by atoms with Gasteiger partial charge >= 0.3 is 6.18 Å². The number of piperidine rings is 1. The summed E-state index contributed by atoms with van der Waals surface area (Å²) in [5.41, 5.74) is -0.590. The minimum atomic E-state index is -4.05. The zero-order chi connectivity index (χ0) is 16.5. The van der Waals surface area contributed by atoms with Crippen LogP contribution in [0.1, 0.15) is 51.4 Å². The van der Waals surface area contributed by atoms with Crippen LogP contribution in [0.3, 0.4) is 0 Å². The fourth-order valence-corrected chi connectivity index (χ4v) is 4.01. The lowest BCUT2D eigenvalue weighted by atomic mass is 9.79. The zero-order valence-corrected chi connectivity index (χ0v) is 13.2. The van der Waals surface area contributed by atoms with Gasteiger partial charge in [-0.25, -0.2) is 0 Å². The van der Waals surface area contributed by atoms with Crippen LogP contribution in [0.4, 0.5) is 13.2 Å². The van der Waals surface area contributed by atoms with E-state index in [-0.39, 0.29) is 24.2 Å². The number of carbonyl (C=O) groups excluding carboxylic acids is 1. The van der Waals surface area contributed by atoms with Gasteiger partial charge in [-0.15, -0.1) is 0 Å². The number of hydrogen-bond donors (Lipinski definition) is 2. The standard InChI is InChI=1S/C16H24F3N3O/c17-16(18,19)6-5-11-1-3-12(4-2-11)13-21-14(23)15(22-13)7-9-20-10-8-15/h11-12,20H,1-10H2,(H,21,22,23)/t11-,12-. The monoisotopic (exact) mass is 331 g/mol. The van der Waals surface area contributed by atoms with E-state index in [9.17, 15) is 18.0 Å². The molecule has 130 valence electrons. The SMILES string of the molecule is O=C1NC([C@H]2CC[C@H](CCC(F)(F)F)CC2)=NC12CCNCC2. The molecule has 3 aliphatic rings. The Hall–Kier alpha value is -1.11. The van der Waals surface area contributed by atoms with Crippen molar-refractivity contribution in [2.45, 2.75) is 63.1 Å². The molecule has 0 radical (unpaired) electrons. The molecule has 4 nitrogen and oxygen atoms in total. The Morgan fingerprint density at radius 1 is 1.13 bits per heavy atom. The van der Waals surface area contributed by atoms with Crippen molar-refractivity contribution in [3.05, 3.63) is 0 Å². The van der Waals surface area contributed by atoms with E-state index in [1.54, 1.807) is 0 Å². The van der Waals surface area contributed by atoms with Crippen molar-refractivity contribution < 1.29 is 18.0 Å². The van der Waals surface area contributed by atoms with Crippen LogP contribution in [0.25, 0.3) is 0 Å². The lowest BCUT2D eigenvalue weighted by Crippen LogP contribution is -2.47. The molecule has 3 rings (SSSR count). The third kappa shape index (κ3) is 3.87. The second-order valence-corrected chi connectivity index (χ2v) is 7.10. The Morgan fingerprint density at radius 3 is 2.39 bits per heavy atom. The summed E-state index contributed by atoms with van der Waals surface area (Å²) in [5, 5.41) is 6.20. The van der Waals surface area contributed by atoms with Crippen LogP contribution >= 0.6 is 0 Å². The molecule has 0 aromatic carbocycles. The van der Waals surface area contributed by atoms with Crippen molar-refractivity contribution in [2.75, 3.05) is 13.1 Å². The molecule has 0 aromatic heterocycles. The minimum Gasteiger partial charge on any atom is -0.317 e. The van der Waals surface area contributed by atoms with E-state index >= 15 is 0 Å². The largest absolute Gasteiger partial charge is 0.389 e. The Kier molecular flexibility index (Phi) is 4.67. The molecular formula is C16H24F3N3O. The highest BCUT2D eigenvalue weighted by molar-refractivity contribution is 6.09. The van der Waals surface area contributed by atoms with Gasteiger partial charge in [-0.05, 0) is 64.0 Å². The summed E-state index contributed by atoms with van der Waals surface area (Å²) in [5.74, 6) is 1.15. The Bertz CT molecular complexity index is 475. The number of hydrogen-bond acceptors (Lipinski definition) is 3. The van der Waals surface area contributed by atoms with E-state index in [4.69, 9.17) is 4.99 Å². The lowest BCUT2D eigenvalue weighted by molar-refractivity contribution is -0.138. The van der Waals surface area contributed by atoms with Gasteiger partial charge in [-0.2, -0.15) is 13.2 Å². The first-order chi connectivity index (χ1) is 10.9. The van der Waals surface area contributed by atoms with Gasteiger partial charge in [0.25, 0.3) is 5.91 Å². The number of alkyl halides is 3. The van der Waals surface area contributed by atoms with Crippen molar-refractivity contribution in [3.8, 4) is 0 Å². The number of amidine groups is 1. The van der Waals surface area contributed by atoms with Crippen molar-refractivity contribution in [1.29, 1.82) is 0 Å². The Balaban J connectivity index is 1.54. The number of aliphatic imine (C=N–C) groups is 1. The number of nitrogens with one attached hydrogen (secondary N) is 2. The maximum atomic E-state index is 12.3. The molecule has 0 bridgehead atoms. The summed E-state index contributed by atoms with van der Waals surface area (Å²) in [4.78, 5) is 17.0. The molecule has 2 aliphatic heterocycles. The van der Waals surface area contributed by atoms with Crippen molar-refractivity contribution in [2.24, 2.45) is 16.8 Å². The topological polar surface area (TPSA) is 53.5 Å². The van der Waals surface area contributed by atoms with E-state index in [1.807, 2.05) is 0 Å². The third-order valence-electron chi connectivity index (χ3n) is 5.50. The third-order valence-corrected chi connectivity index (χ3v) is 5.50. The fraction of sp³-hybridized carbons (Fsp3) is 0.875. The molecule has 2 N–H and O–H groups in total. The Labute approximate surface area is 134 Å². The van der Waals surface area contributed by atoms with Crippen LogP contribution in [0.2, 0.25) is 0 Å². The molecule has 1 aliphatic carbocycles. The number of nitrogens with zero attached hydrogens (tertiary/aromatic N) is 1. The Morgan fingerprint density at radius 2 is 1.78 bits per heavy atom. The van der Waals surface area contributed by atoms with E-state index in [0.29, 0.717) is 0 Å². The van der Waals surface area contributed by atoms with Gasteiger partial charge in [-0.3, -0.25) is 9.79 Å². The molecule has 1 saturated carbocycles. The van der Waals surface area contributed by atoms with Crippen LogP contribution in [-0.4, -0.2) is 36.5 Å². The molecule has 1 amide bonds. The highest BCUT2D eigenvalue weighted by Gasteiger charge is 2.45. The van der Waals surface area contributed by atoms with Gasteiger partial charge in [0.2, 0.25) is 0 Å². The second-order valence-electron chi connectivity index (χ2n) is 7.10. The first-order valence-corrected chi connectivity index (χ1v) is 8.57. The number of halogens is 3. The molecule has 7 heteroatoms. The molecule has 2 fully saturated rings. The fourth-order valence-electron chi connectivity index (χ4n) is 4.01. The summed E-state index contributed by atoms with van der Waals surface area (Å²) < 4.78 is 36.9. The average molecular weight is 331 g/mol. The van der Waals surface area contributed by atoms with Crippen LogP contribution in [-0.2, 0) is 4.79 Å². The molecular weight excluding hydrogens is 307 g/mol. The molecule has 0 aromatic rings.